The van der Waals surface area contributed by atoms with Crippen LogP contribution < -0.4 is 14.8 Å². The predicted octanol–water partition coefficient (Wildman–Crippen LogP) is 6.87. The number of piperidine rings is 1. The molecule has 0 radical (unpaired) electrons. The fraction of sp³-hybridized carbons (Fsp3) is 0.394. The number of nitro benzene ring substituents is 1. The van der Waals surface area contributed by atoms with E-state index in [1.54, 1.807) is 11.0 Å². The second-order valence-electron chi connectivity index (χ2n) is 11.0. The third-order valence-corrected chi connectivity index (χ3v) is 8.49. The van der Waals surface area contributed by atoms with Crippen LogP contribution in [0.3, 0.4) is 0 Å². The summed E-state index contributed by atoms with van der Waals surface area (Å²) in [7, 11) is 0. The Balaban J connectivity index is 0.000000440. The van der Waals surface area contributed by atoms with E-state index in [1.807, 2.05) is 37.3 Å². The number of benzene rings is 3. The Hall–Kier alpha value is -3.86. The van der Waals surface area contributed by atoms with E-state index in [4.69, 9.17) is 32.7 Å². The molecule has 10 nitrogen and oxygen atoms in total. The van der Waals surface area contributed by atoms with Crippen LogP contribution in [0.1, 0.15) is 42.7 Å². The summed E-state index contributed by atoms with van der Waals surface area (Å²) in [5, 5.41) is 14.6. The molecule has 12 heteroatoms. The second-order valence-corrected chi connectivity index (χ2v) is 11.8. The van der Waals surface area contributed by atoms with Gasteiger partial charge in [-0.3, -0.25) is 19.8 Å². The summed E-state index contributed by atoms with van der Waals surface area (Å²) < 4.78 is 11.2. The van der Waals surface area contributed by atoms with Gasteiger partial charge < -0.3 is 19.7 Å². The number of nitrogens with zero attached hydrogens (tertiary/aromatic N) is 3. The topological polar surface area (TPSA) is 114 Å². The van der Waals surface area contributed by atoms with Gasteiger partial charge in [-0.2, -0.15) is 0 Å². The minimum Gasteiger partial charge on any atom is -0.492 e. The molecule has 240 valence electrons. The molecular weight excluding hydrogens is 619 g/mol. The van der Waals surface area contributed by atoms with Crippen LogP contribution in [0.15, 0.2) is 66.7 Å². The smallest absolute Gasteiger partial charge is 0.413 e. The summed E-state index contributed by atoms with van der Waals surface area (Å²) in [6.07, 6.45) is 3.40. The molecule has 0 spiro atoms. The number of hydrogen-bond acceptors (Lipinski definition) is 7. The minimum absolute atomic E-state index is 0.0994. The van der Waals surface area contributed by atoms with Gasteiger partial charge >= 0.3 is 6.09 Å². The van der Waals surface area contributed by atoms with Crippen molar-refractivity contribution in [3.8, 4) is 11.5 Å². The maximum atomic E-state index is 12.6. The van der Waals surface area contributed by atoms with E-state index in [-0.39, 0.29) is 23.9 Å². The van der Waals surface area contributed by atoms with E-state index in [2.05, 4.69) is 16.3 Å². The number of hydrogen-bond donors (Lipinski definition) is 1. The number of nitrogens with one attached hydrogen (secondary N) is 1. The maximum absolute atomic E-state index is 12.6. The number of carbonyl (C=O) groups is 2. The molecule has 0 aromatic heterocycles. The molecular formula is C33H38Cl2N4O6. The highest BCUT2D eigenvalue weighted by molar-refractivity contribution is 6.35. The molecule has 5 rings (SSSR count). The highest BCUT2D eigenvalue weighted by Crippen LogP contribution is 2.34. The maximum Gasteiger partial charge on any atom is 0.413 e. The first kappa shape index (κ1) is 34.0. The number of ether oxygens (including phenoxy) is 2. The fourth-order valence-electron chi connectivity index (χ4n) is 5.29. The summed E-state index contributed by atoms with van der Waals surface area (Å²) in [6.45, 7) is 6.90. The summed E-state index contributed by atoms with van der Waals surface area (Å²) in [6, 6.07) is 18.8. The number of amides is 2. The summed E-state index contributed by atoms with van der Waals surface area (Å²) in [5.74, 6) is 1.23. The van der Waals surface area contributed by atoms with Crippen LogP contribution in [0.4, 0.5) is 10.5 Å². The zero-order valence-electron chi connectivity index (χ0n) is 25.3. The molecule has 3 aromatic rings. The van der Waals surface area contributed by atoms with Gasteiger partial charge in [0.2, 0.25) is 5.91 Å². The molecule has 2 aliphatic heterocycles. The van der Waals surface area contributed by atoms with Crippen LogP contribution in [-0.4, -0.2) is 72.6 Å². The fourth-order valence-corrected chi connectivity index (χ4v) is 5.69. The van der Waals surface area contributed by atoms with Gasteiger partial charge in [-0.1, -0.05) is 47.5 Å². The summed E-state index contributed by atoms with van der Waals surface area (Å²) in [4.78, 5) is 39.0. The van der Waals surface area contributed by atoms with Crippen LogP contribution in [-0.2, 0) is 4.79 Å². The van der Waals surface area contributed by atoms with Gasteiger partial charge in [0.15, 0.2) is 0 Å². The molecule has 0 unspecified atom stereocenters. The molecule has 0 saturated carbocycles. The van der Waals surface area contributed by atoms with Crippen molar-refractivity contribution in [2.45, 2.75) is 38.5 Å². The van der Waals surface area contributed by atoms with Gasteiger partial charge in [0.05, 0.1) is 4.92 Å². The third-order valence-electron chi connectivity index (χ3n) is 7.85. The first-order chi connectivity index (χ1) is 21.7. The average molecular weight is 658 g/mol. The third kappa shape index (κ3) is 10.6. The van der Waals surface area contributed by atoms with Gasteiger partial charge in [-0.25, -0.2) is 4.79 Å². The van der Waals surface area contributed by atoms with E-state index in [1.165, 1.54) is 42.7 Å². The van der Waals surface area contributed by atoms with Crippen LogP contribution in [0.25, 0.3) is 0 Å². The molecule has 2 saturated heterocycles. The zero-order valence-corrected chi connectivity index (χ0v) is 26.8. The molecule has 3 aromatic carbocycles. The molecule has 2 aliphatic rings. The van der Waals surface area contributed by atoms with Gasteiger partial charge in [-0.15, -0.1) is 0 Å². The van der Waals surface area contributed by atoms with Crippen molar-refractivity contribution < 1.29 is 24.0 Å². The average Bonchev–Trinajstić information content (AvgIpc) is 3.56. The number of halogens is 2. The molecule has 2 heterocycles. The van der Waals surface area contributed by atoms with Gasteiger partial charge in [0.25, 0.3) is 5.69 Å². The Labute approximate surface area is 273 Å². The molecule has 1 N–H and O–H groups in total. The molecule has 2 fully saturated rings. The van der Waals surface area contributed by atoms with Crippen molar-refractivity contribution >= 4 is 40.9 Å². The highest BCUT2D eigenvalue weighted by Gasteiger charge is 2.26. The lowest BCUT2D eigenvalue weighted by Gasteiger charge is -2.33. The zero-order chi connectivity index (χ0) is 32.2. The monoisotopic (exact) mass is 656 g/mol. The van der Waals surface area contributed by atoms with Crippen LogP contribution >= 0.6 is 23.2 Å². The lowest BCUT2D eigenvalue weighted by Crippen LogP contribution is -2.44. The van der Waals surface area contributed by atoms with Crippen molar-refractivity contribution in [2.24, 2.45) is 0 Å². The van der Waals surface area contributed by atoms with Crippen molar-refractivity contribution in [3.05, 3.63) is 98.0 Å². The van der Waals surface area contributed by atoms with Gasteiger partial charge in [0, 0.05) is 41.8 Å². The van der Waals surface area contributed by atoms with Crippen molar-refractivity contribution in [1.29, 1.82) is 0 Å². The first-order valence-electron chi connectivity index (χ1n) is 15.0. The number of carbonyl (C=O) groups excluding carboxylic acids is 2. The van der Waals surface area contributed by atoms with Crippen LogP contribution in [0, 0.1) is 17.0 Å². The van der Waals surface area contributed by atoms with Gasteiger partial charge in [-0.05, 0) is 93.1 Å². The van der Waals surface area contributed by atoms with Crippen LogP contribution in [0.2, 0.25) is 10.0 Å². The Morgan fingerprint density at radius 1 is 0.978 bits per heavy atom. The summed E-state index contributed by atoms with van der Waals surface area (Å²) >= 11 is 11.4. The highest BCUT2D eigenvalue weighted by atomic mass is 35.5. The Morgan fingerprint density at radius 2 is 1.67 bits per heavy atom. The normalized spacial score (nSPS) is 15.1. The Kier molecular flexibility index (Phi) is 12.9. The van der Waals surface area contributed by atoms with Gasteiger partial charge in [0.1, 0.15) is 24.7 Å². The lowest BCUT2D eigenvalue weighted by molar-refractivity contribution is -0.384. The number of rotatable bonds is 9. The Bertz CT molecular complexity index is 1440. The van der Waals surface area contributed by atoms with E-state index >= 15 is 0 Å². The van der Waals surface area contributed by atoms with E-state index < -0.39 is 11.0 Å². The second kappa shape index (κ2) is 17.0. The SMILES string of the molecule is Cc1ccc(Cl)cc1Cl.O=C(NCC(=O)N1CCC(c2ccccc2OCCN2CCCC2)CC1)Oc1ccc([N+](=O)[O-])cc1. The van der Waals surface area contributed by atoms with E-state index in [9.17, 15) is 19.7 Å². The lowest BCUT2D eigenvalue weighted by atomic mass is 9.89. The largest absolute Gasteiger partial charge is 0.492 e. The van der Waals surface area contributed by atoms with Crippen molar-refractivity contribution in [1.82, 2.24) is 15.1 Å². The molecule has 0 aliphatic carbocycles. The quantitative estimate of drug-likeness (QED) is 0.197. The van der Waals surface area contributed by atoms with E-state index in [0.717, 1.165) is 48.8 Å². The molecule has 2 amide bonds. The van der Waals surface area contributed by atoms with Crippen LogP contribution in [0.5, 0.6) is 11.5 Å². The Morgan fingerprint density at radius 3 is 2.31 bits per heavy atom. The standard InChI is InChI=1S/C26H32N4O6.C7H6Cl2/c31-25(19-27-26(32)36-22-9-7-21(8-10-22)30(33)34)29-15-11-20(12-16-29)23-5-1-2-6-24(23)35-18-17-28-13-3-4-14-28;1-5-2-3-6(8)4-7(5)9/h1-2,5-10,20H,3-4,11-19H2,(H,27,32);2-4H,1H3. The molecule has 0 bridgehead atoms. The van der Waals surface area contributed by atoms with Crippen molar-refractivity contribution in [3.63, 3.8) is 0 Å². The summed E-state index contributed by atoms with van der Waals surface area (Å²) in [5.41, 5.74) is 2.15. The molecule has 0 atom stereocenters. The van der Waals surface area contributed by atoms with Crippen molar-refractivity contribution in [2.75, 3.05) is 45.9 Å². The van der Waals surface area contributed by atoms with E-state index in [0.29, 0.717) is 30.6 Å². The number of non-ortho nitro benzene ring substituents is 1. The first-order valence-corrected chi connectivity index (χ1v) is 15.8. The predicted molar refractivity (Wildman–Crippen MR) is 174 cm³/mol. The number of aryl methyl sites for hydroxylation is 1. The number of para-hydroxylation sites is 1. The minimum atomic E-state index is -0.785. The molecule has 45 heavy (non-hydrogen) atoms. The number of nitro groups is 1. The number of likely N-dealkylation sites (tertiary alicyclic amines) is 2.